The van der Waals surface area contributed by atoms with Crippen molar-refractivity contribution in [2.24, 2.45) is 0 Å². The Hall–Kier alpha value is -5.91. The molecule has 2 nitrogen and oxygen atoms in total. The van der Waals surface area contributed by atoms with Crippen molar-refractivity contribution < 1.29 is 0 Å². The zero-order chi connectivity index (χ0) is 31.0. The molecule has 1 aliphatic rings. The zero-order valence-corrected chi connectivity index (χ0v) is 25.8. The highest BCUT2D eigenvalue weighted by atomic mass is 15.1. The minimum Gasteiger partial charge on any atom is -0.310 e. The number of hydrogen-bond donors (Lipinski definition) is 0. The van der Waals surface area contributed by atoms with E-state index in [-0.39, 0.29) is 5.41 Å². The lowest BCUT2D eigenvalue weighted by molar-refractivity contribution is 0.661. The van der Waals surface area contributed by atoms with Crippen LogP contribution in [0.5, 0.6) is 0 Å². The Labute approximate surface area is 268 Å². The van der Waals surface area contributed by atoms with Crippen LogP contribution in [0.15, 0.2) is 146 Å². The van der Waals surface area contributed by atoms with Crippen LogP contribution in [-0.2, 0) is 5.41 Å². The molecule has 0 bridgehead atoms. The Morgan fingerprint density at radius 1 is 0.478 bits per heavy atom. The first-order chi connectivity index (χ1) is 22.5. The number of anilines is 3. The standard InChI is InChI=1S/C44H30N2/c1-44(2)39-25-32(27-45)35-15-7-9-17-37(35)42(39)43-38-18-10-8-16-36(38)41(26-40(43)44)46(33-21-19-28-11-3-5-13-30(28)23-33)34-22-20-29-12-4-6-14-31(29)24-34/h3-26H,1-2H3. The van der Waals surface area contributed by atoms with Gasteiger partial charge < -0.3 is 4.90 Å². The Bertz CT molecular complexity index is 2500. The van der Waals surface area contributed by atoms with Gasteiger partial charge in [-0.05, 0) is 91.0 Å². The second-order valence-corrected chi connectivity index (χ2v) is 12.9. The molecule has 46 heavy (non-hydrogen) atoms. The van der Waals surface area contributed by atoms with Crippen molar-refractivity contribution in [1.82, 2.24) is 0 Å². The first-order valence-electron chi connectivity index (χ1n) is 15.8. The fraction of sp³-hybridized carbons (Fsp3) is 0.0682. The van der Waals surface area contributed by atoms with Crippen LogP contribution in [0.1, 0.15) is 30.5 Å². The minimum absolute atomic E-state index is 0.308. The van der Waals surface area contributed by atoms with Gasteiger partial charge in [0, 0.05) is 27.6 Å². The molecule has 0 spiro atoms. The molecule has 0 fully saturated rings. The SMILES string of the molecule is CC1(C)c2cc(C#N)c3ccccc3c2-c2c1cc(N(c1ccc3ccccc3c1)c1ccc3ccccc3c1)c1ccccc21. The topological polar surface area (TPSA) is 27.0 Å². The third-order valence-corrected chi connectivity index (χ3v) is 10.0. The summed E-state index contributed by atoms with van der Waals surface area (Å²) in [6.07, 6.45) is 0. The predicted molar refractivity (Wildman–Crippen MR) is 193 cm³/mol. The van der Waals surface area contributed by atoms with Crippen molar-refractivity contribution in [2.45, 2.75) is 19.3 Å². The Balaban J connectivity index is 1.39. The summed E-state index contributed by atoms with van der Waals surface area (Å²) in [5, 5.41) is 19.6. The van der Waals surface area contributed by atoms with E-state index in [9.17, 15) is 5.26 Å². The zero-order valence-electron chi connectivity index (χ0n) is 25.8. The van der Waals surface area contributed by atoms with Gasteiger partial charge in [-0.25, -0.2) is 0 Å². The van der Waals surface area contributed by atoms with Gasteiger partial charge in [-0.2, -0.15) is 5.26 Å². The van der Waals surface area contributed by atoms with Crippen LogP contribution >= 0.6 is 0 Å². The first-order valence-corrected chi connectivity index (χ1v) is 15.8. The third kappa shape index (κ3) is 3.76. The summed E-state index contributed by atoms with van der Waals surface area (Å²) in [4.78, 5) is 2.43. The maximum atomic E-state index is 10.2. The number of benzene rings is 8. The molecule has 0 N–H and O–H groups in total. The summed E-state index contributed by atoms with van der Waals surface area (Å²) < 4.78 is 0. The quantitative estimate of drug-likeness (QED) is 0.206. The molecule has 0 aromatic heterocycles. The highest BCUT2D eigenvalue weighted by Crippen LogP contribution is 2.56. The lowest BCUT2D eigenvalue weighted by atomic mass is 9.80. The average molecular weight is 587 g/mol. The van der Waals surface area contributed by atoms with Gasteiger partial charge in [0.15, 0.2) is 0 Å². The van der Waals surface area contributed by atoms with Crippen LogP contribution in [0.2, 0.25) is 0 Å². The molecular weight excluding hydrogens is 556 g/mol. The summed E-state index contributed by atoms with van der Waals surface area (Å²) >= 11 is 0. The molecule has 0 saturated carbocycles. The summed E-state index contributed by atoms with van der Waals surface area (Å²) in [6, 6.07) is 54.9. The molecule has 0 unspecified atom stereocenters. The lowest BCUT2D eigenvalue weighted by Gasteiger charge is -2.30. The van der Waals surface area contributed by atoms with Crippen molar-refractivity contribution in [3.63, 3.8) is 0 Å². The average Bonchev–Trinajstić information content (AvgIpc) is 3.33. The van der Waals surface area contributed by atoms with Gasteiger partial charge >= 0.3 is 0 Å². The number of rotatable bonds is 3. The Morgan fingerprint density at radius 2 is 0.935 bits per heavy atom. The van der Waals surface area contributed by atoms with Crippen LogP contribution in [0.4, 0.5) is 17.1 Å². The predicted octanol–water partition coefficient (Wildman–Crippen LogP) is 11.9. The molecule has 8 aromatic carbocycles. The van der Waals surface area contributed by atoms with Crippen molar-refractivity contribution in [3.05, 3.63) is 162 Å². The molecular formula is C44H30N2. The summed E-state index contributed by atoms with van der Waals surface area (Å²) in [5.41, 5.74) is 8.81. The first kappa shape index (κ1) is 26.5. The van der Waals surface area contributed by atoms with Crippen LogP contribution in [-0.4, -0.2) is 0 Å². The highest BCUT2D eigenvalue weighted by Gasteiger charge is 2.39. The van der Waals surface area contributed by atoms with E-state index in [0.29, 0.717) is 0 Å². The van der Waals surface area contributed by atoms with Gasteiger partial charge in [-0.3, -0.25) is 0 Å². The van der Waals surface area contributed by atoms with Crippen molar-refractivity contribution in [3.8, 4) is 17.2 Å². The molecule has 2 heteroatoms. The van der Waals surface area contributed by atoms with E-state index >= 15 is 0 Å². The molecule has 0 saturated heterocycles. The third-order valence-electron chi connectivity index (χ3n) is 10.0. The highest BCUT2D eigenvalue weighted by molar-refractivity contribution is 6.16. The minimum atomic E-state index is -0.308. The number of nitriles is 1. The van der Waals surface area contributed by atoms with Crippen LogP contribution in [0, 0.1) is 11.3 Å². The van der Waals surface area contributed by atoms with Crippen LogP contribution in [0.25, 0.3) is 54.2 Å². The van der Waals surface area contributed by atoms with Gasteiger partial charge in [0.25, 0.3) is 0 Å². The van der Waals surface area contributed by atoms with E-state index < -0.39 is 0 Å². The number of nitrogens with zero attached hydrogens (tertiary/aromatic N) is 2. The molecule has 0 aliphatic heterocycles. The number of hydrogen-bond acceptors (Lipinski definition) is 2. The van der Waals surface area contributed by atoms with Crippen LogP contribution < -0.4 is 4.90 Å². The summed E-state index contributed by atoms with van der Waals surface area (Å²) in [5.74, 6) is 0. The van der Waals surface area contributed by atoms with Gasteiger partial charge in [-0.1, -0.05) is 123 Å². The van der Waals surface area contributed by atoms with Crippen LogP contribution in [0.3, 0.4) is 0 Å². The maximum Gasteiger partial charge on any atom is 0.0998 e. The molecule has 0 heterocycles. The van der Waals surface area contributed by atoms with E-state index in [0.717, 1.165) is 33.4 Å². The lowest BCUT2D eigenvalue weighted by Crippen LogP contribution is -2.17. The smallest absolute Gasteiger partial charge is 0.0998 e. The molecule has 216 valence electrons. The van der Waals surface area contributed by atoms with Gasteiger partial charge in [-0.15, -0.1) is 0 Å². The maximum absolute atomic E-state index is 10.2. The second kappa shape index (κ2) is 9.80. The summed E-state index contributed by atoms with van der Waals surface area (Å²) in [7, 11) is 0. The molecule has 1 aliphatic carbocycles. The molecule has 0 atom stereocenters. The van der Waals surface area contributed by atoms with Crippen molar-refractivity contribution in [2.75, 3.05) is 4.90 Å². The van der Waals surface area contributed by atoms with Gasteiger partial charge in [0.1, 0.15) is 0 Å². The molecule has 0 radical (unpaired) electrons. The van der Waals surface area contributed by atoms with Gasteiger partial charge in [0.05, 0.1) is 17.3 Å². The molecule has 9 rings (SSSR count). The van der Waals surface area contributed by atoms with Crippen molar-refractivity contribution >= 4 is 60.2 Å². The van der Waals surface area contributed by atoms with E-state index in [1.165, 1.54) is 54.6 Å². The van der Waals surface area contributed by atoms with E-state index in [1.54, 1.807) is 0 Å². The summed E-state index contributed by atoms with van der Waals surface area (Å²) in [6.45, 7) is 4.62. The number of fused-ring (bicyclic) bond motifs is 9. The molecule has 8 aromatic rings. The fourth-order valence-corrected chi connectivity index (χ4v) is 7.74. The van der Waals surface area contributed by atoms with Crippen molar-refractivity contribution in [1.29, 1.82) is 5.26 Å². The van der Waals surface area contributed by atoms with E-state index in [4.69, 9.17) is 0 Å². The Kier molecular flexibility index (Phi) is 5.64. The second-order valence-electron chi connectivity index (χ2n) is 12.9. The normalized spacial score (nSPS) is 13.2. The van der Waals surface area contributed by atoms with E-state index in [2.05, 4.69) is 164 Å². The molecule has 0 amide bonds. The van der Waals surface area contributed by atoms with E-state index in [1.807, 2.05) is 6.07 Å². The Morgan fingerprint density at radius 3 is 1.50 bits per heavy atom. The van der Waals surface area contributed by atoms with Gasteiger partial charge in [0.2, 0.25) is 0 Å². The fourth-order valence-electron chi connectivity index (χ4n) is 7.74. The largest absolute Gasteiger partial charge is 0.310 e. The monoisotopic (exact) mass is 586 g/mol.